The van der Waals surface area contributed by atoms with Crippen LogP contribution in [-0.4, -0.2) is 13.2 Å². The summed E-state index contributed by atoms with van der Waals surface area (Å²) in [4.78, 5) is 0. The Morgan fingerprint density at radius 1 is 0.875 bits per heavy atom. The van der Waals surface area contributed by atoms with Crippen molar-refractivity contribution in [2.45, 2.75) is 46.7 Å². The predicted octanol–water partition coefficient (Wildman–Crippen LogP) is 4.86. The van der Waals surface area contributed by atoms with Crippen LogP contribution in [0.4, 0.5) is 0 Å². The number of ether oxygens (including phenoxy) is 2. The van der Waals surface area contributed by atoms with Gasteiger partial charge in [-0.25, -0.2) is 0 Å². The smallest absolute Gasteiger partial charge is 0.127 e. The second-order valence-electron chi connectivity index (χ2n) is 6.06. The van der Waals surface area contributed by atoms with Crippen LogP contribution in [0, 0.1) is 6.92 Å². The average molecular weight is 327 g/mol. The molecule has 0 aliphatic carbocycles. The van der Waals surface area contributed by atoms with Gasteiger partial charge in [-0.3, -0.25) is 0 Å². The fourth-order valence-corrected chi connectivity index (χ4v) is 2.50. The van der Waals surface area contributed by atoms with E-state index in [-0.39, 0.29) is 0 Å². The SMILES string of the molecule is CCCOc1ccc(CNCc2cccc(C)c2)c(OCCC)c1. The van der Waals surface area contributed by atoms with Crippen molar-refractivity contribution in [3.63, 3.8) is 0 Å². The summed E-state index contributed by atoms with van der Waals surface area (Å²) in [6.45, 7) is 9.44. The highest BCUT2D eigenvalue weighted by atomic mass is 16.5. The van der Waals surface area contributed by atoms with Crippen LogP contribution in [0.15, 0.2) is 42.5 Å². The van der Waals surface area contributed by atoms with E-state index in [1.54, 1.807) is 0 Å². The molecule has 2 aromatic carbocycles. The van der Waals surface area contributed by atoms with Gasteiger partial charge in [0.15, 0.2) is 0 Å². The van der Waals surface area contributed by atoms with Crippen molar-refractivity contribution in [2.75, 3.05) is 13.2 Å². The van der Waals surface area contributed by atoms with E-state index in [0.717, 1.165) is 50.6 Å². The first kappa shape index (κ1) is 18.3. The van der Waals surface area contributed by atoms with Crippen molar-refractivity contribution in [1.82, 2.24) is 5.32 Å². The molecule has 0 aliphatic heterocycles. The summed E-state index contributed by atoms with van der Waals surface area (Å²) in [5, 5.41) is 3.50. The lowest BCUT2D eigenvalue weighted by Crippen LogP contribution is -2.14. The van der Waals surface area contributed by atoms with Gasteiger partial charge in [0.25, 0.3) is 0 Å². The van der Waals surface area contributed by atoms with Gasteiger partial charge in [0.2, 0.25) is 0 Å². The summed E-state index contributed by atoms with van der Waals surface area (Å²) < 4.78 is 11.6. The van der Waals surface area contributed by atoms with E-state index in [1.807, 2.05) is 12.1 Å². The van der Waals surface area contributed by atoms with Crippen molar-refractivity contribution < 1.29 is 9.47 Å². The highest BCUT2D eigenvalue weighted by Gasteiger charge is 2.06. The predicted molar refractivity (Wildman–Crippen MR) is 99.7 cm³/mol. The number of hydrogen-bond donors (Lipinski definition) is 1. The van der Waals surface area contributed by atoms with Gasteiger partial charge in [0, 0.05) is 24.7 Å². The first-order chi connectivity index (χ1) is 11.7. The van der Waals surface area contributed by atoms with E-state index < -0.39 is 0 Å². The maximum atomic E-state index is 5.91. The lowest BCUT2D eigenvalue weighted by molar-refractivity contribution is 0.299. The molecule has 0 unspecified atom stereocenters. The largest absolute Gasteiger partial charge is 0.493 e. The molecule has 0 aromatic heterocycles. The Balaban J connectivity index is 1.98. The molecular formula is C21H29NO2. The van der Waals surface area contributed by atoms with E-state index in [1.165, 1.54) is 16.7 Å². The maximum absolute atomic E-state index is 5.91. The highest BCUT2D eigenvalue weighted by molar-refractivity contribution is 5.41. The van der Waals surface area contributed by atoms with Gasteiger partial charge in [0.1, 0.15) is 11.5 Å². The lowest BCUT2D eigenvalue weighted by Gasteiger charge is -2.14. The highest BCUT2D eigenvalue weighted by Crippen LogP contribution is 2.25. The molecule has 3 heteroatoms. The number of benzene rings is 2. The molecule has 0 heterocycles. The number of nitrogens with one attached hydrogen (secondary N) is 1. The Labute approximate surface area is 146 Å². The number of aryl methyl sites for hydroxylation is 1. The van der Waals surface area contributed by atoms with Gasteiger partial charge < -0.3 is 14.8 Å². The minimum Gasteiger partial charge on any atom is -0.493 e. The van der Waals surface area contributed by atoms with E-state index in [0.29, 0.717) is 0 Å². The zero-order valence-corrected chi connectivity index (χ0v) is 15.1. The maximum Gasteiger partial charge on any atom is 0.127 e. The van der Waals surface area contributed by atoms with Crippen LogP contribution in [0.2, 0.25) is 0 Å². The molecule has 0 fully saturated rings. The molecule has 0 atom stereocenters. The molecule has 0 radical (unpaired) electrons. The third-order valence-electron chi connectivity index (χ3n) is 3.70. The fourth-order valence-electron chi connectivity index (χ4n) is 2.50. The molecule has 2 aromatic rings. The first-order valence-electron chi connectivity index (χ1n) is 8.87. The Kier molecular flexibility index (Phi) is 7.63. The third kappa shape index (κ3) is 5.89. The lowest BCUT2D eigenvalue weighted by atomic mass is 10.1. The molecule has 0 saturated heterocycles. The molecule has 0 aliphatic rings. The molecule has 0 spiro atoms. The van der Waals surface area contributed by atoms with Gasteiger partial charge >= 0.3 is 0 Å². The van der Waals surface area contributed by atoms with Crippen LogP contribution >= 0.6 is 0 Å². The number of hydrogen-bond acceptors (Lipinski definition) is 3. The van der Waals surface area contributed by atoms with Gasteiger partial charge in [-0.1, -0.05) is 49.7 Å². The van der Waals surface area contributed by atoms with Crippen LogP contribution in [-0.2, 0) is 13.1 Å². The van der Waals surface area contributed by atoms with Gasteiger partial charge in [-0.15, -0.1) is 0 Å². The molecule has 3 nitrogen and oxygen atoms in total. The fraction of sp³-hybridized carbons (Fsp3) is 0.429. The normalized spacial score (nSPS) is 10.6. The molecular weight excluding hydrogens is 298 g/mol. The van der Waals surface area contributed by atoms with Gasteiger partial charge in [0.05, 0.1) is 13.2 Å². The molecule has 0 bridgehead atoms. The second-order valence-corrected chi connectivity index (χ2v) is 6.06. The molecule has 0 amide bonds. The summed E-state index contributed by atoms with van der Waals surface area (Å²) in [6.07, 6.45) is 2.00. The molecule has 1 N–H and O–H groups in total. The third-order valence-corrected chi connectivity index (χ3v) is 3.70. The minimum atomic E-state index is 0.724. The van der Waals surface area contributed by atoms with Crippen LogP contribution in [0.25, 0.3) is 0 Å². The molecule has 2 rings (SSSR count). The van der Waals surface area contributed by atoms with Crippen LogP contribution in [0.1, 0.15) is 43.4 Å². The first-order valence-corrected chi connectivity index (χ1v) is 8.87. The van der Waals surface area contributed by atoms with E-state index in [4.69, 9.17) is 9.47 Å². The Hall–Kier alpha value is -2.00. The van der Waals surface area contributed by atoms with Crippen molar-refractivity contribution in [1.29, 1.82) is 0 Å². The Morgan fingerprint density at radius 3 is 2.42 bits per heavy atom. The quantitative estimate of drug-likeness (QED) is 0.676. The minimum absolute atomic E-state index is 0.724. The van der Waals surface area contributed by atoms with Crippen molar-refractivity contribution in [3.8, 4) is 11.5 Å². The molecule has 0 saturated carbocycles. The van der Waals surface area contributed by atoms with Crippen LogP contribution in [0.3, 0.4) is 0 Å². The van der Waals surface area contributed by atoms with Gasteiger partial charge in [-0.05, 0) is 31.4 Å². The topological polar surface area (TPSA) is 30.5 Å². The van der Waals surface area contributed by atoms with E-state index in [2.05, 4.69) is 56.4 Å². The summed E-state index contributed by atoms with van der Waals surface area (Å²) in [5.41, 5.74) is 3.76. The summed E-state index contributed by atoms with van der Waals surface area (Å²) >= 11 is 0. The molecule has 24 heavy (non-hydrogen) atoms. The summed E-state index contributed by atoms with van der Waals surface area (Å²) in [7, 11) is 0. The summed E-state index contributed by atoms with van der Waals surface area (Å²) in [5.74, 6) is 1.80. The average Bonchev–Trinajstić information content (AvgIpc) is 2.59. The monoisotopic (exact) mass is 327 g/mol. The standard InChI is InChI=1S/C21H29NO2/c1-4-11-23-20-10-9-19(21(14-20)24-12-5-2)16-22-15-18-8-6-7-17(3)13-18/h6-10,13-14,22H,4-5,11-12,15-16H2,1-3H3. The zero-order chi connectivity index (χ0) is 17.2. The summed E-state index contributed by atoms with van der Waals surface area (Å²) in [6, 6.07) is 14.7. The van der Waals surface area contributed by atoms with Crippen LogP contribution < -0.4 is 14.8 Å². The van der Waals surface area contributed by atoms with Crippen molar-refractivity contribution >= 4 is 0 Å². The Morgan fingerprint density at radius 2 is 1.67 bits per heavy atom. The van der Waals surface area contributed by atoms with Gasteiger partial charge in [-0.2, -0.15) is 0 Å². The molecule has 130 valence electrons. The van der Waals surface area contributed by atoms with Crippen LogP contribution in [0.5, 0.6) is 11.5 Å². The zero-order valence-electron chi connectivity index (χ0n) is 15.1. The van der Waals surface area contributed by atoms with E-state index >= 15 is 0 Å². The van der Waals surface area contributed by atoms with Crippen molar-refractivity contribution in [2.24, 2.45) is 0 Å². The second kappa shape index (κ2) is 9.99. The Bertz CT molecular complexity index is 625. The number of rotatable bonds is 10. The van der Waals surface area contributed by atoms with E-state index in [9.17, 15) is 0 Å². The van der Waals surface area contributed by atoms with Crippen molar-refractivity contribution in [3.05, 3.63) is 59.2 Å².